The van der Waals surface area contributed by atoms with Crippen LogP contribution in [0.1, 0.15) is 30.1 Å². The predicted molar refractivity (Wildman–Crippen MR) is 116 cm³/mol. The summed E-state index contributed by atoms with van der Waals surface area (Å²) in [4.78, 5) is 3.71. The van der Waals surface area contributed by atoms with Crippen molar-refractivity contribution >= 4 is 37.5 Å². The fourth-order valence-electron chi connectivity index (χ4n) is 5.23. The molecule has 0 aliphatic carbocycles. The van der Waals surface area contributed by atoms with E-state index in [0.717, 1.165) is 35.6 Å². The second kappa shape index (κ2) is 5.97. The molecule has 30 heavy (non-hydrogen) atoms. The number of aromatic nitrogens is 2. The molecule has 1 fully saturated rings. The molecule has 1 N–H and O–H groups in total. The van der Waals surface area contributed by atoms with Gasteiger partial charge in [-0.15, -0.1) is 0 Å². The topological polar surface area (TPSA) is 60.4 Å². The van der Waals surface area contributed by atoms with E-state index < -0.39 is 10.0 Å². The lowest BCUT2D eigenvalue weighted by molar-refractivity contribution is 0.503. The Kier molecular flexibility index (Phi) is 3.53. The van der Waals surface area contributed by atoms with E-state index in [4.69, 9.17) is 6.57 Å². The molecule has 4 aromatic rings. The van der Waals surface area contributed by atoms with E-state index in [1.807, 2.05) is 12.1 Å². The van der Waals surface area contributed by atoms with Crippen molar-refractivity contribution in [3.05, 3.63) is 71.3 Å². The molecule has 7 heteroatoms. The monoisotopic (exact) mass is 416 g/mol. The first-order chi connectivity index (χ1) is 14.5. The van der Waals surface area contributed by atoms with Gasteiger partial charge in [0.25, 0.3) is 10.0 Å². The Hall–Kier alpha value is -3.08. The molecule has 1 saturated heterocycles. The van der Waals surface area contributed by atoms with Crippen LogP contribution in [0.2, 0.25) is 0 Å². The minimum atomic E-state index is -3.79. The maximum absolute atomic E-state index is 13.5. The van der Waals surface area contributed by atoms with Gasteiger partial charge in [0.1, 0.15) is 0 Å². The molecule has 2 aromatic heterocycles. The molecule has 6 nitrogen and oxygen atoms in total. The molecule has 150 valence electrons. The van der Waals surface area contributed by atoms with E-state index in [2.05, 4.69) is 21.8 Å². The number of fused-ring (bicyclic) bond motifs is 7. The zero-order valence-electron chi connectivity index (χ0n) is 16.5. The number of nitrogens with one attached hydrogen (secondary N) is 1. The lowest BCUT2D eigenvalue weighted by Gasteiger charge is -2.23. The first-order valence-corrected chi connectivity index (χ1v) is 11.5. The summed E-state index contributed by atoms with van der Waals surface area (Å²) >= 11 is 0. The number of hydrogen-bond donors (Lipinski definition) is 1. The Bertz CT molecular complexity index is 1500. The third-order valence-electron chi connectivity index (χ3n) is 6.69. The van der Waals surface area contributed by atoms with Gasteiger partial charge in [-0.3, -0.25) is 0 Å². The third kappa shape index (κ3) is 2.29. The van der Waals surface area contributed by atoms with E-state index in [-0.39, 0.29) is 4.90 Å². The van der Waals surface area contributed by atoms with Gasteiger partial charge < -0.3 is 9.88 Å². The molecule has 2 bridgehead atoms. The fourth-order valence-corrected chi connectivity index (χ4v) is 6.60. The Morgan fingerprint density at radius 1 is 1.10 bits per heavy atom. The average molecular weight is 417 g/mol. The van der Waals surface area contributed by atoms with E-state index in [1.54, 1.807) is 36.5 Å². The number of rotatable bonds is 2. The molecular formula is C23H20N4O2S. The maximum Gasteiger partial charge on any atom is 0.268 e. The lowest BCUT2D eigenvalue weighted by atomic mass is 9.99. The van der Waals surface area contributed by atoms with Gasteiger partial charge in [-0.25, -0.2) is 17.2 Å². The third-order valence-corrected chi connectivity index (χ3v) is 8.38. The SMILES string of the molecule is [C-]#[N+]c1ccc2ccn(S(=O)(=O)c3ccc4c(c3)c3c(n4C)CC4CCC3N4)c2c1. The zero-order chi connectivity index (χ0) is 20.6. The number of nitrogens with zero attached hydrogens (tertiary/aromatic N) is 3. The summed E-state index contributed by atoms with van der Waals surface area (Å²) in [6, 6.07) is 13.2. The second-order valence-corrected chi connectivity index (χ2v) is 10.1. The van der Waals surface area contributed by atoms with Crippen LogP contribution < -0.4 is 5.32 Å². The quantitative estimate of drug-likeness (QED) is 0.497. The summed E-state index contributed by atoms with van der Waals surface area (Å²) in [5, 5.41) is 5.49. The molecular weight excluding hydrogens is 396 g/mol. The summed E-state index contributed by atoms with van der Waals surface area (Å²) in [7, 11) is -1.71. The highest BCUT2D eigenvalue weighted by molar-refractivity contribution is 7.90. The Morgan fingerprint density at radius 2 is 1.97 bits per heavy atom. The summed E-state index contributed by atoms with van der Waals surface area (Å²) in [6.45, 7) is 7.24. The van der Waals surface area contributed by atoms with E-state index >= 15 is 0 Å². The van der Waals surface area contributed by atoms with Crippen molar-refractivity contribution in [3.8, 4) is 0 Å². The van der Waals surface area contributed by atoms with Crippen LogP contribution >= 0.6 is 0 Å². The fraction of sp³-hybridized carbons (Fsp3) is 0.261. The molecule has 2 aromatic carbocycles. The summed E-state index contributed by atoms with van der Waals surface area (Å²) < 4.78 is 30.6. The highest BCUT2D eigenvalue weighted by Crippen LogP contribution is 2.42. The van der Waals surface area contributed by atoms with Crippen LogP contribution in [0.25, 0.3) is 26.7 Å². The molecule has 2 unspecified atom stereocenters. The highest BCUT2D eigenvalue weighted by Gasteiger charge is 2.36. The van der Waals surface area contributed by atoms with Crippen molar-refractivity contribution in [3.63, 3.8) is 0 Å². The van der Waals surface area contributed by atoms with Crippen LogP contribution in [0, 0.1) is 6.57 Å². The molecule has 2 atom stereocenters. The first-order valence-electron chi connectivity index (χ1n) is 10.1. The van der Waals surface area contributed by atoms with Crippen molar-refractivity contribution < 1.29 is 8.42 Å². The van der Waals surface area contributed by atoms with Crippen molar-refractivity contribution in [2.75, 3.05) is 0 Å². The minimum absolute atomic E-state index is 0.272. The highest BCUT2D eigenvalue weighted by atomic mass is 32.2. The lowest BCUT2D eigenvalue weighted by Crippen LogP contribution is -2.32. The normalized spacial score (nSPS) is 20.5. The molecule has 2 aliphatic rings. The predicted octanol–water partition coefficient (Wildman–Crippen LogP) is 4.27. The maximum atomic E-state index is 13.5. The standard InChI is InChI=1S/C23H20N4O2S/c1-24-15-4-3-14-9-10-27(21(14)11-15)30(28,29)17-6-8-20-18(13-17)23-19-7-5-16(25-19)12-22(23)26(20)2/h3-4,6,8-11,13,16,19,25H,5,7,12H2,2H3. The summed E-state index contributed by atoms with van der Waals surface area (Å²) in [5.74, 6) is 0. The number of aryl methyl sites for hydroxylation is 1. The van der Waals surface area contributed by atoms with Crippen molar-refractivity contribution in [2.24, 2.45) is 7.05 Å². The molecule has 0 radical (unpaired) electrons. The summed E-state index contributed by atoms with van der Waals surface area (Å²) in [5.41, 5.74) is 4.59. The van der Waals surface area contributed by atoms with E-state index in [0.29, 0.717) is 23.3 Å². The summed E-state index contributed by atoms with van der Waals surface area (Å²) in [6.07, 6.45) is 4.81. The second-order valence-electron chi connectivity index (χ2n) is 8.27. The zero-order valence-corrected chi connectivity index (χ0v) is 17.3. The van der Waals surface area contributed by atoms with Gasteiger partial charge in [0.2, 0.25) is 0 Å². The van der Waals surface area contributed by atoms with Gasteiger partial charge in [-0.05, 0) is 54.1 Å². The molecule has 6 rings (SSSR count). The Labute approximate surface area is 174 Å². The Balaban J connectivity index is 1.56. The van der Waals surface area contributed by atoms with Gasteiger partial charge >= 0.3 is 0 Å². The van der Waals surface area contributed by atoms with E-state index in [1.165, 1.54) is 15.2 Å². The van der Waals surface area contributed by atoms with Gasteiger partial charge in [-0.2, -0.15) is 0 Å². The Morgan fingerprint density at radius 3 is 2.80 bits per heavy atom. The molecule has 2 aliphatic heterocycles. The van der Waals surface area contributed by atoms with E-state index in [9.17, 15) is 8.42 Å². The first kappa shape index (κ1) is 17.8. The molecule has 4 heterocycles. The molecule has 0 saturated carbocycles. The van der Waals surface area contributed by atoms with Gasteiger partial charge in [0, 0.05) is 48.3 Å². The number of benzene rings is 2. The molecule has 0 amide bonds. The van der Waals surface area contributed by atoms with Crippen LogP contribution in [0.15, 0.2) is 53.6 Å². The van der Waals surface area contributed by atoms with Crippen LogP contribution in [0.3, 0.4) is 0 Å². The largest absolute Gasteiger partial charge is 0.347 e. The van der Waals surface area contributed by atoms with Crippen LogP contribution in [-0.2, 0) is 23.5 Å². The van der Waals surface area contributed by atoms with Crippen LogP contribution in [0.5, 0.6) is 0 Å². The smallest absolute Gasteiger partial charge is 0.268 e. The number of hydrogen-bond acceptors (Lipinski definition) is 3. The average Bonchev–Trinajstić information content (AvgIpc) is 3.43. The van der Waals surface area contributed by atoms with Crippen LogP contribution in [0.4, 0.5) is 5.69 Å². The van der Waals surface area contributed by atoms with Crippen molar-refractivity contribution in [1.29, 1.82) is 0 Å². The van der Waals surface area contributed by atoms with Crippen LogP contribution in [-0.4, -0.2) is 23.0 Å². The molecule has 0 spiro atoms. The van der Waals surface area contributed by atoms with Gasteiger partial charge in [-0.1, -0.05) is 12.1 Å². The van der Waals surface area contributed by atoms with Gasteiger partial charge in [0.15, 0.2) is 5.69 Å². The van der Waals surface area contributed by atoms with Crippen molar-refractivity contribution in [2.45, 2.75) is 36.2 Å². The van der Waals surface area contributed by atoms with Crippen molar-refractivity contribution in [1.82, 2.24) is 13.9 Å². The minimum Gasteiger partial charge on any atom is -0.347 e. The van der Waals surface area contributed by atoms with Gasteiger partial charge in [0.05, 0.1) is 17.0 Å².